The first-order valence-corrected chi connectivity index (χ1v) is 6.78. The van der Waals surface area contributed by atoms with Crippen molar-refractivity contribution in [3.63, 3.8) is 0 Å². The maximum absolute atomic E-state index is 12.6. The molecule has 1 fully saturated rings. The van der Waals surface area contributed by atoms with E-state index in [9.17, 15) is 9.90 Å². The first-order valence-electron chi connectivity index (χ1n) is 6.78. The summed E-state index contributed by atoms with van der Waals surface area (Å²) in [4.78, 5) is 16.8. The number of carbonyl (C=O) groups is 1. The lowest BCUT2D eigenvalue weighted by Crippen LogP contribution is -2.42. The number of amides is 1. The molecule has 1 unspecified atom stereocenters. The van der Waals surface area contributed by atoms with Gasteiger partial charge in [0.15, 0.2) is 0 Å². The second-order valence-corrected chi connectivity index (χ2v) is 5.46. The summed E-state index contributed by atoms with van der Waals surface area (Å²) in [5.74, 6) is 0.276. The van der Waals surface area contributed by atoms with Crippen molar-refractivity contribution in [3.8, 4) is 5.75 Å². The van der Waals surface area contributed by atoms with Gasteiger partial charge in [-0.05, 0) is 57.6 Å². The molecule has 104 valence electrons. The van der Waals surface area contributed by atoms with Crippen LogP contribution in [-0.4, -0.2) is 53.5 Å². The maximum Gasteiger partial charge on any atom is 0.254 e. The normalized spacial score (nSPS) is 21.2. The first kappa shape index (κ1) is 13.9. The number of rotatable bonds is 1. The predicted molar refractivity (Wildman–Crippen MR) is 75.5 cm³/mol. The fourth-order valence-electron chi connectivity index (χ4n) is 2.72. The summed E-state index contributed by atoms with van der Waals surface area (Å²) in [6.45, 7) is 6.69. The van der Waals surface area contributed by atoms with E-state index < -0.39 is 0 Å². The number of phenolic OH excluding ortho intramolecular Hbond substituents is 1. The van der Waals surface area contributed by atoms with Crippen molar-refractivity contribution in [1.29, 1.82) is 0 Å². The number of likely N-dealkylation sites (N-methyl/N-ethyl adjacent to an activating group) is 1. The SMILES string of the molecule is Cc1cc(O)ccc1C(=O)N1CCCN(C)CC1C. The average Bonchev–Trinajstić information content (AvgIpc) is 2.49. The van der Waals surface area contributed by atoms with Gasteiger partial charge in [0, 0.05) is 24.7 Å². The first-order chi connectivity index (χ1) is 8.99. The van der Waals surface area contributed by atoms with Crippen LogP contribution in [0.25, 0.3) is 0 Å². The van der Waals surface area contributed by atoms with Crippen LogP contribution in [0.3, 0.4) is 0 Å². The Morgan fingerprint density at radius 3 is 2.79 bits per heavy atom. The molecular weight excluding hydrogens is 240 g/mol. The van der Waals surface area contributed by atoms with Gasteiger partial charge in [-0.3, -0.25) is 4.79 Å². The van der Waals surface area contributed by atoms with Crippen molar-refractivity contribution in [2.45, 2.75) is 26.3 Å². The van der Waals surface area contributed by atoms with Crippen LogP contribution in [0.1, 0.15) is 29.3 Å². The summed E-state index contributed by atoms with van der Waals surface area (Å²) in [5, 5.41) is 9.43. The van der Waals surface area contributed by atoms with E-state index in [-0.39, 0.29) is 17.7 Å². The fraction of sp³-hybridized carbons (Fsp3) is 0.533. The number of phenols is 1. The standard InChI is InChI=1S/C15H22N2O2/c1-11-9-13(18)5-6-14(11)15(19)17-8-4-7-16(3)10-12(17)2/h5-6,9,12,18H,4,7-8,10H2,1-3H3. The van der Waals surface area contributed by atoms with Gasteiger partial charge < -0.3 is 14.9 Å². The van der Waals surface area contributed by atoms with Gasteiger partial charge in [-0.1, -0.05) is 0 Å². The third kappa shape index (κ3) is 3.07. The van der Waals surface area contributed by atoms with Crippen LogP contribution in [0.4, 0.5) is 0 Å². The minimum atomic E-state index is 0.0697. The van der Waals surface area contributed by atoms with Crippen molar-refractivity contribution >= 4 is 5.91 Å². The molecule has 1 amide bonds. The van der Waals surface area contributed by atoms with Gasteiger partial charge in [0.2, 0.25) is 0 Å². The van der Waals surface area contributed by atoms with Crippen molar-refractivity contribution in [1.82, 2.24) is 9.80 Å². The van der Waals surface area contributed by atoms with Gasteiger partial charge in [0.25, 0.3) is 5.91 Å². The Morgan fingerprint density at radius 1 is 1.37 bits per heavy atom. The number of aryl methyl sites for hydroxylation is 1. The summed E-state index contributed by atoms with van der Waals surface area (Å²) in [6.07, 6.45) is 1.00. The molecule has 4 heteroatoms. The Kier molecular flexibility index (Phi) is 4.10. The van der Waals surface area contributed by atoms with Crippen molar-refractivity contribution in [2.24, 2.45) is 0 Å². The maximum atomic E-state index is 12.6. The molecule has 1 aliphatic rings. The van der Waals surface area contributed by atoms with E-state index in [4.69, 9.17) is 0 Å². The molecule has 1 aliphatic heterocycles. The van der Waals surface area contributed by atoms with Crippen molar-refractivity contribution in [2.75, 3.05) is 26.7 Å². The molecule has 0 saturated carbocycles. The molecule has 1 saturated heterocycles. The van der Waals surface area contributed by atoms with Gasteiger partial charge in [0.1, 0.15) is 5.75 Å². The molecule has 1 aromatic carbocycles. The number of carbonyl (C=O) groups excluding carboxylic acids is 1. The molecule has 1 atom stereocenters. The van der Waals surface area contributed by atoms with Crippen LogP contribution in [0, 0.1) is 6.92 Å². The topological polar surface area (TPSA) is 43.8 Å². The molecule has 19 heavy (non-hydrogen) atoms. The summed E-state index contributed by atoms with van der Waals surface area (Å²) in [7, 11) is 2.09. The molecule has 1 N–H and O–H groups in total. The quantitative estimate of drug-likeness (QED) is 0.840. The van der Waals surface area contributed by atoms with Crippen LogP contribution in [-0.2, 0) is 0 Å². The molecule has 0 bridgehead atoms. The van der Waals surface area contributed by atoms with Gasteiger partial charge in [-0.25, -0.2) is 0 Å². The molecule has 4 nitrogen and oxygen atoms in total. The molecular formula is C15H22N2O2. The number of hydrogen-bond donors (Lipinski definition) is 1. The van der Waals surface area contributed by atoms with Crippen LogP contribution in [0.15, 0.2) is 18.2 Å². The van der Waals surface area contributed by atoms with Crippen LogP contribution in [0.2, 0.25) is 0 Å². The molecule has 1 heterocycles. The number of aromatic hydroxyl groups is 1. The van der Waals surface area contributed by atoms with E-state index in [2.05, 4.69) is 18.9 Å². The minimum Gasteiger partial charge on any atom is -0.508 e. The smallest absolute Gasteiger partial charge is 0.254 e. The molecule has 2 rings (SSSR count). The zero-order valence-electron chi connectivity index (χ0n) is 11.9. The highest BCUT2D eigenvalue weighted by atomic mass is 16.3. The summed E-state index contributed by atoms with van der Waals surface area (Å²) < 4.78 is 0. The van der Waals surface area contributed by atoms with Gasteiger partial charge >= 0.3 is 0 Å². The van der Waals surface area contributed by atoms with Gasteiger partial charge in [-0.2, -0.15) is 0 Å². The van der Waals surface area contributed by atoms with E-state index in [0.29, 0.717) is 5.56 Å². The predicted octanol–water partition coefficient (Wildman–Crippen LogP) is 1.87. The van der Waals surface area contributed by atoms with E-state index in [0.717, 1.165) is 31.6 Å². The van der Waals surface area contributed by atoms with E-state index in [1.54, 1.807) is 18.2 Å². The van der Waals surface area contributed by atoms with Crippen LogP contribution < -0.4 is 0 Å². The van der Waals surface area contributed by atoms with Crippen molar-refractivity contribution < 1.29 is 9.90 Å². The summed E-state index contributed by atoms with van der Waals surface area (Å²) in [5.41, 5.74) is 1.52. The van der Waals surface area contributed by atoms with Crippen molar-refractivity contribution in [3.05, 3.63) is 29.3 Å². The Balaban J connectivity index is 2.22. The molecule has 0 aromatic heterocycles. The lowest BCUT2D eigenvalue weighted by Gasteiger charge is -2.28. The fourth-order valence-corrected chi connectivity index (χ4v) is 2.72. The third-order valence-corrected chi connectivity index (χ3v) is 3.75. The zero-order chi connectivity index (χ0) is 14.0. The zero-order valence-corrected chi connectivity index (χ0v) is 11.9. The molecule has 1 aromatic rings. The van der Waals surface area contributed by atoms with Crippen LogP contribution >= 0.6 is 0 Å². The van der Waals surface area contributed by atoms with E-state index in [1.807, 2.05) is 11.8 Å². The highest BCUT2D eigenvalue weighted by Gasteiger charge is 2.25. The Bertz CT molecular complexity index is 473. The lowest BCUT2D eigenvalue weighted by atomic mass is 10.1. The van der Waals surface area contributed by atoms with E-state index >= 15 is 0 Å². The Labute approximate surface area is 114 Å². The van der Waals surface area contributed by atoms with Crippen LogP contribution in [0.5, 0.6) is 5.75 Å². The monoisotopic (exact) mass is 262 g/mol. The lowest BCUT2D eigenvalue weighted by molar-refractivity contribution is 0.0696. The largest absolute Gasteiger partial charge is 0.508 e. The second kappa shape index (κ2) is 5.61. The summed E-state index contributed by atoms with van der Waals surface area (Å²) >= 11 is 0. The number of hydrogen-bond acceptors (Lipinski definition) is 3. The highest BCUT2D eigenvalue weighted by molar-refractivity contribution is 5.96. The van der Waals surface area contributed by atoms with E-state index in [1.165, 1.54) is 0 Å². The Hall–Kier alpha value is -1.55. The average molecular weight is 262 g/mol. The minimum absolute atomic E-state index is 0.0697. The number of nitrogens with zero attached hydrogens (tertiary/aromatic N) is 2. The summed E-state index contributed by atoms with van der Waals surface area (Å²) in [6, 6.07) is 5.15. The molecule has 0 radical (unpaired) electrons. The van der Waals surface area contributed by atoms with Gasteiger partial charge in [-0.15, -0.1) is 0 Å². The second-order valence-electron chi connectivity index (χ2n) is 5.46. The highest BCUT2D eigenvalue weighted by Crippen LogP contribution is 2.19. The molecule has 0 spiro atoms. The number of benzene rings is 1. The Morgan fingerprint density at radius 2 is 2.11 bits per heavy atom. The molecule has 0 aliphatic carbocycles. The third-order valence-electron chi connectivity index (χ3n) is 3.75. The van der Waals surface area contributed by atoms with Gasteiger partial charge in [0.05, 0.1) is 0 Å².